The zero-order valence-electron chi connectivity index (χ0n) is 27.6. The van der Waals surface area contributed by atoms with Crippen LogP contribution in [0.1, 0.15) is 54.4 Å². The van der Waals surface area contributed by atoms with Gasteiger partial charge in [0, 0.05) is 19.0 Å². The average Bonchev–Trinajstić information content (AvgIpc) is 3.10. The molecule has 0 aliphatic heterocycles. The Labute approximate surface area is 290 Å². The topological polar surface area (TPSA) is 86.8 Å². The zero-order valence-corrected chi connectivity index (χ0v) is 28.4. The van der Waals surface area contributed by atoms with Crippen molar-refractivity contribution in [2.45, 2.75) is 75.1 Å². The molecule has 1 N–H and O–H groups in total. The highest BCUT2D eigenvalue weighted by molar-refractivity contribution is 7.92. The Morgan fingerprint density at radius 1 is 0.840 bits per heavy atom. The van der Waals surface area contributed by atoms with Gasteiger partial charge in [0.2, 0.25) is 11.8 Å². The minimum atomic E-state index is -4.79. The van der Waals surface area contributed by atoms with Crippen molar-refractivity contribution in [1.82, 2.24) is 10.2 Å². The molecule has 12 heteroatoms. The Morgan fingerprint density at radius 2 is 1.50 bits per heavy atom. The number of hydrogen-bond acceptors (Lipinski definition) is 4. The van der Waals surface area contributed by atoms with E-state index in [-0.39, 0.29) is 29.6 Å². The molecule has 264 valence electrons. The van der Waals surface area contributed by atoms with Gasteiger partial charge in [-0.1, -0.05) is 85.5 Å². The lowest BCUT2D eigenvalue weighted by atomic mass is 9.94. The van der Waals surface area contributed by atoms with Crippen molar-refractivity contribution in [2.75, 3.05) is 10.8 Å². The Morgan fingerprint density at radius 3 is 2.14 bits per heavy atom. The van der Waals surface area contributed by atoms with Gasteiger partial charge in [-0.15, -0.1) is 0 Å². The molecular formula is C38H39F4N3O4S. The molecule has 0 aromatic heterocycles. The number of rotatable bonds is 12. The van der Waals surface area contributed by atoms with E-state index in [1.54, 1.807) is 43.3 Å². The predicted molar refractivity (Wildman–Crippen MR) is 183 cm³/mol. The summed E-state index contributed by atoms with van der Waals surface area (Å²) in [5, 5.41) is 3.09. The van der Waals surface area contributed by atoms with Crippen LogP contribution in [0.4, 0.5) is 23.2 Å². The van der Waals surface area contributed by atoms with Gasteiger partial charge in [0.15, 0.2) is 0 Å². The van der Waals surface area contributed by atoms with Gasteiger partial charge < -0.3 is 10.2 Å². The van der Waals surface area contributed by atoms with E-state index in [1.165, 1.54) is 47.4 Å². The number of nitrogens with one attached hydrogen (secondary N) is 1. The van der Waals surface area contributed by atoms with Crippen LogP contribution in [0.5, 0.6) is 0 Å². The number of halogens is 4. The quantitative estimate of drug-likeness (QED) is 0.155. The number of carbonyl (C=O) groups is 2. The minimum Gasteiger partial charge on any atom is -0.352 e. The number of carbonyl (C=O) groups excluding carboxylic acids is 2. The normalized spacial score (nSPS) is 14.5. The van der Waals surface area contributed by atoms with Crippen molar-refractivity contribution in [2.24, 2.45) is 0 Å². The first-order valence-electron chi connectivity index (χ1n) is 16.5. The summed E-state index contributed by atoms with van der Waals surface area (Å²) in [4.78, 5) is 29.7. The first-order valence-corrected chi connectivity index (χ1v) is 17.9. The molecular weight excluding hydrogens is 670 g/mol. The summed E-state index contributed by atoms with van der Waals surface area (Å²) in [5.41, 5.74) is 0.486. The van der Waals surface area contributed by atoms with E-state index in [2.05, 4.69) is 5.32 Å². The molecule has 0 bridgehead atoms. The molecule has 0 heterocycles. The summed E-state index contributed by atoms with van der Waals surface area (Å²) in [6.07, 6.45) is -0.241. The van der Waals surface area contributed by atoms with Gasteiger partial charge in [-0.3, -0.25) is 13.9 Å². The number of amides is 2. The summed E-state index contributed by atoms with van der Waals surface area (Å²) in [6, 6.07) is 22.6. The SMILES string of the molecule is Cc1ccc(S(=O)(=O)N(CC(=O)N(Cc2ccc(F)cc2)[C@@H](Cc2ccccc2)C(=O)NC2CCCCC2)c2cccc(C(F)(F)F)c2)cc1. The number of aryl methyl sites for hydroxylation is 1. The van der Waals surface area contributed by atoms with Crippen LogP contribution in [0, 0.1) is 12.7 Å². The molecule has 0 spiro atoms. The number of benzene rings is 4. The summed E-state index contributed by atoms with van der Waals surface area (Å²) in [5.74, 6) is -1.78. The van der Waals surface area contributed by atoms with E-state index in [0.29, 0.717) is 15.9 Å². The highest BCUT2D eigenvalue weighted by Crippen LogP contribution is 2.33. The first kappa shape index (κ1) is 36.6. The molecule has 0 unspecified atom stereocenters. The van der Waals surface area contributed by atoms with Crippen LogP contribution >= 0.6 is 0 Å². The second-order valence-corrected chi connectivity index (χ2v) is 14.4. The van der Waals surface area contributed by atoms with E-state index < -0.39 is 52.0 Å². The highest BCUT2D eigenvalue weighted by Gasteiger charge is 2.37. The van der Waals surface area contributed by atoms with Gasteiger partial charge in [0.05, 0.1) is 16.1 Å². The third kappa shape index (κ3) is 9.29. The molecule has 1 aliphatic carbocycles. The third-order valence-corrected chi connectivity index (χ3v) is 10.6. The van der Waals surface area contributed by atoms with E-state index >= 15 is 0 Å². The lowest BCUT2D eigenvalue weighted by Crippen LogP contribution is -2.55. The molecule has 5 rings (SSSR count). The maximum absolute atomic E-state index is 14.6. The molecule has 0 radical (unpaired) electrons. The molecule has 7 nitrogen and oxygen atoms in total. The molecule has 1 aliphatic rings. The van der Waals surface area contributed by atoms with Crippen LogP contribution in [-0.2, 0) is 38.8 Å². The predicted octanol–water partition coefficient (Wildman–Crippen LogP) is 7.44. The minimum absolute atomic E-state index is 0.0700. The number of sulfonamides is 1. The van der Waals surface area contributed by atoms with Crippen LogP contribution in [0.15, 0.2) is 108 Å². The molecule has 1 fully saturated rings. The maximum atomic E-state index is 14.6. The molecule has 50 heavy (non-hydrogen) atoms. The van der Waals surface area contributed by atoms with Gasteiger partial charge in [-0.25, -0.2) is 12.8 Å². The fourth-order valence-corrected chi connectivity index (χ4v) is 7.49. The standard InChI is InChI=1S/C38H39F4N3O4S/c1-27-15-21-34(22-16-27)50(48,49)45(33-14-8-11-30(24-33)38(40,41)42)26-36(46)44(25-29-17-19-31(39)20-18-29)35(23-28-9-4-2-5-10-28)37(47)43-32-12-6-3-7-13-32/h2,4-5,8-11,14-22,24,32,35H,3,6-7,12-13,23,25-26H2,1H3,(H,43,47)/t35-/m0/s1. The Hall–Kier alpha value is -4.71. The smallest absolute Gasteiger partial charge is 0.352 e. The monoisotopic (exact) mass is 709 g/mol. The fraction of sp³-hybridized carbons (Fsp3) is 0.316. The van der Waals surface area contributed by atoms with Crippen LogP contribution in [0.25, 0.3) is 0 Å². The first-order chi connectivity index (χ1) is 23.8. The van der Waals surface area contributed by atoms with Crippen LogP contribution in [0.3, 0.4) is 0 Å². The van der Waals surface area contributed by atoms with E-state index in [1.807, 2.05) is 6.07 Å². The Bertz CT molecular complexity index is 1860. The second kappa shape index (κ2) is 15.9. The van der Waals surface area contributed by atoms with Crippen molar-refractivity contribution in [1.29, 1.82) is 0 Å². The van der Waals surface area contributed by atoms with Crippen LogP contribution in [-0.4, -0.2) is 43.8 Å². The summed E-state index contributed by atoms with van der Waals surface area (Å²) in [6.45, 7) is 0.638. The third-order valence-electron chi connectivity index (χ3n) is 8.84. The zero-order chi connectivity index (χ0) is 35.9. The van der Waals surface area contributed by atoms with E-state index in [4.69, 9.17) is 0 Å². The number of hydrogen-bond donors (Lipinski definition) is 1. The molecule has 4 aromatic carbocycles. The maximum Gasteiger partial charge on any atom is 0.416 e. The second-order valence-electron chi connectivity index (χ2n) is 12.6. The molecule has 1 saturated carbocycles. The molecule has 4 aromatic rings. The van der Waals surface area contributed by atoms with Crippen molar-refractivity contribution in [3.63, 3.8) is 0 Å². The van der Waals surface area contributed by atoms with Gasteiger partial charge in [-0.05, 0) is 73.4 Å². The van der Waals surface area contributed by atoms with E-state index in [9.17, 15) is 35.6 Å². The van der Waals surface area contributed by atoms with Crippen molar-refractivity contribution >= 4 is 27.5 Å². The van der Waals surface area contributed by atoms with Gasteiger partial charge >= 0.3 is 6.18 Å². The van der Waals surface area contributed by atoms with Crippen molar-refractivity contribution in [3.05, 3.63) is 131 Å². The number of nitrogens with zero attached hydrogens (tertiary/aromatic N) is 2. The molecule has 1 atom stereocenters. The summed E-state index contributed by atoms with van der Waals surface area (Å²) in [7, 11) is -4.60. The van der Waals surface area contributed by atoms with Crippen molar-refractivity contribution in [3.8, 4) is 0 Å². The van der Waals surface area contributed by atoms with Crippen molar-refractivity contribution < 1.29 is 35.6 Å². The lowest BCUT2D eigenvalue weighted by molar-refractivity contribution is -0.140. The largest absolute Gasteiger partial charge is 0.416 e. The lowest BCUT2D eigenvalue weighted by Gasteiger charge is -2.35. The van der Waals surface area contributed by atoms with Gasteiger partial charge in [-0.2, -0.15) is 13.2 Å². The highest BCUT2D eigenvalue weighted by atomic mass is 32.2. The summed E-state index contributed by atoms with van der Waals surface area (Å²) < 4.78 is 84.4. The average molecular weight is 710 g/mol. The van der Waals surface area contributed by atoms with Crippen LogP contribution < -0.4 is 9.62 Å². The van der Waals surface area contributed by atoms with Crippen LogP contribution in [0.2, 0.25) is 0 Å². The summed E-state index contributed by atoms with van der Waals surface area (Å²) >= 11 is 0. The fourth-order valence-electron chi connectivity index (χ4n) is 6.09. The number of alkyl halides is 3. The van der Waals surface area contributed by atoms with E-state index in [0.717, 1.165) is 55.4 Å². The number of anilines is 1. The molecule has 0 saturated heterocycles. The molecule has 2 amide bonds. The van der Waals surface area contributed by atoms with Gasteiger partial charge in [0.1, 0.15) is 18.4 Å². The Balaban J connectivity index is 1.59. The van der Waals surface area contributed by atoms with Gasteiger partial charge in [0.25, 0.3) is 10.0 Å². The Kier molecular flexibility index (Phi) is 11.6.